The van der Waals surface area contributed by atoms with E-state index in [2.05, 4.69) is 92.7 Å². The average molecular weight is 435 g/mol. The molecule has 0 saturated carbocycles. The third-order valence-corrected chi connectivity index (χ3v) is 6.89. The summed E-state index contributed by atoms with van der Waals surface area (Å²) < 4.78 is 0. The number of phenolic OH excluding ortho intramolecular Hbond substituents is 2. The fourth-order valence-corrected chi connectivity index (χ4v) is 5.27. The van der Waals surface area contributed by atoms with E-state index < -0.39 is 0 Å². The van der Waals surface area contributed by atoms with Crippen LogP contribution in [-0.4, -0.2) is 10.2 Å². The number of hydrogen-bond donors (Lipinski definition) is 2. The molecule has 1 aliphatic rings. The van der Waals surface area contributed by atoms with Crippen molar-refractivity contribution < 1.29 is 10.2 Å². The number of hydrogen-bond acceptors (Lipinski definition) is 2. The maximum Gasteiger partial charge on any atom is 0.123 e. The summed E-state index contributed by atoms with van der Waals surface area (Å²) >= 11 is 0. The lowest BCUT2D eigenvalue weighted by Crippen LogP contribution is -2.20. The van der Waals surface area contributed by atoms with E-state index in [1.807, 2.05) is 0 Å². The summed E-state index contributed by atoms with van der Waals surface area (Å²) in [5.41, 5.74) is 7.17. The zero-order valence-corrected chi connectivity index (χ0v) is 21.6. The summed E-state index contributed by atoms with van der Waals surface area (Å²) in [5.74, 6) is 0.905. The van der Waals surface area contributed by atoms with Crippen molar-refractivity contribution in [1.82, 2.24) is 0 Å². The quantitative estimate of drug-likeness (QED) is 0.478. The predicted molar refractivity (Wildman–Crippen MR) is 136 cm³/mol. The molecule has 0 bridgehead atoms. The second-order valence-corrected chi connectivity index (χ2v) is 12.0. The summed E-state index contributed by atoms with van der Waals surface area (Å²) in [7, 11) is 0. The molecule has 2 aromatic rings. The van der Waals surface area contributed by atoms with E-state index in [1.165, 1.54) is 5.57 Å². The second-order valence-electron chi connectivity index (χ2n) is 12.0. The molecule has 0 aliphatic heterocycles. The summed E-state index contributed by atoms with van der Waals surface area (Å²) in [6.45, 7) is 19.3. The van der Waals surface area contributed by atoms with Crippen molar-refractivity contribution in [1.29, 1.82) is 0 Å². The maximum absolute atomic E-state index is 11.6. The Morgan fingerprint density at radius 3 is 1.56 bits per heavy atom. The molecule has 174 valence electrons. The minimum Gasteiger partial charge on any atom is -0.507 e. The van der Waals surface area contributed by atoms with Crippen LogP contribution in [0.25, 0.3) is 0 Å². The Bertz CT molecular complexity index is 959. The van der Waals surface area contributed by atoms with Crippen LogP contribution < -0.4 is 0 Å². The molecule has 0 heterocycles. The van der Waals surface area contributed by atoms with Gasteiger partial charge in [-0.25, -0.2) is 0 Å². The fraction of sp³-hybridized carbons (Fsp3) is 0.533. The van der Waals surface area contributed by atoms with E-state index in [9.17, 15) is 10.2 Å². The van der Waals surface area contributed by atoms with Crippen LogP contribution in [0.15, 0.2) is 35.9 Å². The van der Waals surface area contributed by atoms with Gasteiger partial charge >= 0.3 is 0 Å². The van der Waals surface area contributed by atoms with Crippen molar-refractivity contribution in [2.45, 2.75) is 98.3 Å². The Hall–Kier alpha value is -2.22. The van der Waals surface area contributed by atoms with Crippen LogP contribution in [0.3, 0.4) is 0 Å². The molecule has 2 N–H and O–H groups in total. The molecule has 1 aliphatic carbocycles. The molecule has 32 heavy (non-hydrogen) atoms. The van der Waals surface area contributed by atoms with Gasteiger partial charge in [0.1, 0.15) is 11.5 Å². The van der Waals surface area contributed by atoms with Gasteiger partial charge in [0.05, 0.1) is 0 Å². The Morgan fingerprint density at radius 2 is 1.19 bits per heavy atom. The van der Waals surface area contributed by atoms with E-state index in [1.54, 1.807) is 0 Å². The van der Waals surface area contributed by atoms with Gasteiger partial charge in [0.15, 0.2) is 0 Å². The lowest BCUT2D eigenvalue weighted by Gasteiger charge is -2.34. The molecule has 0 aromatic heterocycles. The van der Waals surface area contributed by atoms with Gasteiger partial charge in [-0.05, 0) is 67.9 Å². The fourth-order valence-electron chi connectivity index (χ4n) is 5.27. The van der Waals surface area contributed by atoms with Crippen LogP contribution in [-0.2, 0) is 10.8 Å². The van der Waals surface area contributed by atoms with Crippen molar-refractivity contribution in [3.05, 3.63) is 69.3 Å². The topological polar surface area (TPSA) is 40.5 Å². The largest absolute Gasteiger partial charge is 0.507 e. The average Bonchev–Trinajstić information content (AvgIpc) is 2.65. The van der Waals surface area contributed by atoms with Crippen LogP contribution >= 0.6 is 0 Å². The number of rotatable bonds is 3. The minimum absolute atomic E-state index is 0.0905. The first-order chi connectivity index (χ1) is 14.7. The molecule has 0 saturated heterocycles. The van der Waals surface area contributed by atoms with Crippen LogP contribution in [0, 0.1) is 19.8 Å². The summed E-state index contributed by atoms with van der Waals surface area (Å²) in [6, 6.07) is 8.47. The minimum atomic E-state index is -0.168. The number of aryl methyl sites for hydroxylation is 2. The monoisotopic (exact) mass is 434 g/mol. The van der Waals surface area contributed by atoms with Crippen molar-refractivity contribution in [2.75, 3.05) is 0 Å². The predicted octanol–water partition coefficient (Wildman–Crippen LogP) is 8.19. The zero-order chi connectivity index (χ0) is 24.0. The van der Waals surface area contributed by atoms with Gasteiger partial charge in [0.25, 0.3) is 0 Å². The lowest BCUT2D eigenvalue weighted by atomic mass is 9.71. The Kier molecular flexibility index (Phi) is 6.57. The molecule has 3 rings (SSSR count). The van der Waals surface area contributed by atoms with Crippen LogP contribution in [0.4, 0.5) is 0 Å². The van der Waals surface area contributed by atoms with E-state index in [0.29, 0.717) is 11.5 Å². The third kappa shape index (κ3) is 4.90. The molecule has 0 fully saturated rings. The number of allylic oxidation sites excluding steroid dienone is 2. The van der Waals surface area contributed by atoms with E-state index in [-0.39, 0.29) is 22.7 Å². The van der Waals surface area contributed by atoms with E-state index in [0.717, 1.165) is 52.6 Å². The third-order valence-electron chi connectivity index (χ3n) is 6.89. The molecule has 1 unspecified atom stereocenters. The highest BCUT2D eigenvalue weighted by Gasteiger charge is 2.34. The molecule has 0 radical (unpaired) electrons. The van der Waals surface area contributed by atoms with Crippen molar-refractivity contribution in [3.63, 3.8) is 0 Å². The van der Waals surface area contributed by atoms with Gasteiger partial charge < -0.3 is 10.2 Å². The van der Waals surface area contributed by atoms with Gasteiger partial charge in [-0.3, -0.25) is 0 Å². The maximum atomic E-state index is 11.6. The van der Waals surface area contributed by atoms with Crippen LogP contribution in [0.2, 0.25) is 0 Å². The molecule has 2 aromatic carbocycles. The number of benzene rings is 2. The van der Waals surface area contributed by atoms with Crippen molar-refractivity contribution in [3.8, 4) is 11.5 Å². The Morgan fingerprint density at radius 1 is 0.750 bits per heavy atom. The van der Waals surface area contributed by atoms with Gasteiger partial charge in [-0.2, -0.15) is 0 Å². The first-order valence-corrected chi connectivity index (χ1v) is 12.1. The molecule has 2 heteroatoms. The number of aromatic hydroxyl groups is 2. The molecule has 1 atom stereocenters. The highest BCUT2D eigenvalue weighted by Crippen LogP contribution is 2.49. The Labute approximate surface area is 195 Å². The second kappa shape index (κ2) is 8.61. The summed E-state index contributed by atoms with van der Waals surface area (Å²) in [5, 5.41) is 23.1. The Balaban J connectivity index is 2.36. The van der Waals surface area contributed by atoms with Crippen molar-refractivity contribution >= 4 is 0 Å². The highest BCUT2D eigenvalue weighted by atomic mass is 16.3. The number of phenols is 2. The SMILES string of the molecule is CC1=CC(C(c2cc(C)cc(C(C)(C)C)c2O)c2cc(C)cc(C(C)(C)C)c2O)CCC1. The molecular formula is C30H42O2. The zero-order valence-electron chi connectivity index (χ0n) is 21.6. The van der Waals surface area contributed by atoms with E-state index >= 15 is 0 Å². The van der Waals surface area contributed by atoms with Gasteiger partial charge in [0, 0.05) is 17.0 Å². The standard InChI is InChI=1S/C30H42O2/c1-18-11-10-12-21(13-18)26(22-14-19(2)16-24(27(22)31)29(4,5)6)23-15-20(3)17-25(28(23)32)30(7,8)9/h13-17,21,26,31-32H,10-12H2,1-9H3. The van der Waals surface area contributed by atoms with Crippen LogP contribution in [0.5, 0.6) is 11.5 Å². The van der Waals surface area contributed by atoms with E-state index in [4.69, 9.17) is 0 Å². The molecule has 2 nitrogen and oxygen atoms in total. The van der Waals surface area contributed by atoms with Crippen molar-refractivity contribution in [2.24, 2.45) is 5.92 Å². The smallest absolute Gasteiger partial charge is 0.123 e. The summed E-state index contributed by atoms with van der Waals surface area (Å²) in [6.07, 6.45) is 5.70. The molecule has 0 spiro atoms. The molecule has 0 amide bonds. The molecular weight excluding hydrogens is 392 g/mol. The normalized spacial score (nSPS) is 17.6. The lowest BCUT2D eigenvalue weighted by molar-refractivity contribution is 0.403. The van der Waals surface area contributed by atoms with Gasteiger partial charge in [-0.15, -0.1) is 0 Å². The van der Waals surface area contributed by atoms with Gasteiger partial charge in [0.2, 0.25) is 0 Å². The first kappa shape index (κ1) is 24.4. The highest BCUT2D eigenvalue weighted by molar-refractivity contribution is 5.57. The van der Waals surface area contributed by atoms with Crippen LogP contribution in [0.1, 0.15) is 107 Å². The van der Waals surface area contributed by atoms with Gasteiger partial charge in [-0.1, -0.05) is 88.6 Å². The summed E-state index contributed by atoms with van der Waals surface area (Å²) in [4.78, 5) is 0. The first-order valence-electron chi connectivity index (χ1n) is 12.1.